The fraction of sp³-hybridized carbons (Fsp3) is 0.571. The van der Waals surface area contributed by atoms with Gasteiger partial charge in [-0.05, 0) is 38.7 Å². The van der Waals surface area contributed by atoms with Crippen molar-refractivity contribution in [1.82, 2.24) is 9.97 Å². The molecular formula is C14H19N3OS. The van der Waals surface area contributed by atoms with Gasteiger partial charge in [-0.1, -0.05) is 0 Å². The summed E-state index contributed by atoms with van der Waals surface area (Å²) in [6, 6.07) is 2.15. The van der Waals surface area contributed by atoms with Gasteiger partial charge in [-0.25, -0.2) is 9.97 Å². The first-order valence-electron chi connectivity index (χ1n) is 6.77. The molecule has 1 fully saturated rings. The maximum atomic E-state index is 5.60. The summed E-state index contributed by atoms with van der Waals surface area (Å²) >= 11 is 1.72. The summed E-state index contributed by atoms with van der Waals surface area (Å²) in [5, 5.41) is 4.47. The molecule has 0 aliphatic heterocycles. The summed E-state index contributed by atoms with van der Waals surface area (Å²) in [5.41, 5.74) is 0. The fourth-order valence-electron chi connectivity index (χ4n) is 2.40. The number of aryl methyl sites for hydroxylation is 1. The summed E-state index contributed by atoms with van der Waals surface area (Å²) in [6.07, 6.45) is 2.49. The van der Waals surface area contributed by atoms with Crippen LogP contribution in [-0.2, 0) is 4.74 Å². The first kappa shape index (κ1) is 12.8. The number of anilines is 1. The van der Waals surface area contributed by atoms with Crippen molar-refractivity contribution in [1.29, 1.82) is 0 Å². The zero-order valence-corrected chi connectivity index (χ0v) is 12.4. The Labute approximate surface area is 117 Å². The van der Waals surface area contributed by atoms with Gasteiger partial charge in [0, 0.05) is 18.5 Å². The molecule has 0 aromatic carbocycles. The van der Waals surface area contributed by atoms with Crippen LogP contribution >= 0.6 is 11.3 Å². The number of thiophene rings is 1. The van der Waals surface area contributed by atoms with Crippen molar-refractivity contribution in [3.8, 4) is 0 Å². The molecule has 2 aromatic rings. The van der Waals surface area contributed by atoms with Crippen molar-refractivity contribution in [3.63, 3.8) is 0 Å². The number of nitrogens with zero attached hydrogens (tertiary/aromatic N) is 2. The van der Waals surface area contributed by atoms with Crippen LogP contribution in [0.4, 0.5) is 5.82 Å². The number of fused-ring (bicyclic) bond motifs is 1. The highest BCUT2D eigenvalue weighted by molar-refractivity contribution is 7.18. The van der Waals surface area contributed by atoms with Gasteiger partial charge in [-0.3, -0.25) is 0 Å². The molecule has 1 aliphatic carbocycles. The van der Waals surface area contributed by atoms with Crippen LogP contribution in [0.15, 0.2) is 6.07 Å². The molecule has 1 aliphatic rings. The first-order valence-corrected chi connectivity index (χ1v) is 7.59. The molecule has 2 aromatic heterocycles. The van der Waals surface area contributed by atoms with Crippen LogP contribution in [-0.4, -0.2) is 23.6 Å². The number of methoxy groups -OCH3 is 1. The van der Waals surface area contributed by atoms with Gasteiger partial charge in [0.1, 0.15) is 16.8 Å². The second-order valence-electron chi connectivity index (χ2n) is 5.03. The van der Waals surface area contributed by atoms with Crippen molar-refractivity contribution in [2.75, 3.05) is 19.0 Å². The molecule has 0 radical (unpaired) electrons. The number of hydrogen-bond donors (Lipinski definition) is 1. The second-order valence-corrected chi connectivity index (χ2v) is 6.27. The molecular weight excluding hydrogens is 258 g/mol. The largest absolute Gasteiger partial charge is 0.373 e. The van der Waals surface area contributed by atoms with Crippen LogP contribution in [0.25, 0.3) is 10.2 Å². The lowest BCUT2D eigenvalue weighted by Gasteiger charge is -2.14. The molecule has 0 amide bonds. The highest BCUT2D eigenvalue weighted by Gasteiger charge is 2.35. The Morgan fingerprint density at radius 1 is 1.47 bits per heavy atom. The monoisotopic (exact) mass is 277 g/mol. The minimum Gasteiger partial charge on any atom is -0.373 e. The van der Waals surface area contributed by atoms with Crippen LogP contribution < -0.4 is 5.32 Å². The molecule has 0 saturated heterocycles. The molecule has 4 nitrogen and oxygen atoms in total. The van der Waals surface area contributed by atoms with E-state index in [4.69, 9.17) is 14.7 Å². The van der Waals surface area contributed by atoms with E-state index >= 15 is 0 Å². The van der Waals surface area contributed by atoms with E-state index < -0.39 is 0 Å². The maximum Gasteiger partial charge on any atom is 0.161 e. The van der Waals surface area contributed by atoms with Gasteiger partial charge in [-0.2, -0.15) is 0 Å². The quantitative estimate of drug-likeness (QED) is 0.908. The molecule has 3 rings (SSSR count). The third-order valence-corrected chi connectivity index (χ3v) is 4.38. The van der Waals surface area contributed by atoms with Gasteiger partial charge in [0.25, 0.3) is 0 Å². The van der Waals surface area contributed by atoms with E-state index in [1.807, 2.05) is 0 Å². The molecule has 2 heterocycles. The van der Waals surface area contributed by atoms with Crippen molar-refractivity contribution >= 4 is 27.4 Å². The average molecular weight is 277 g/mol. The summed E-state index contributed by atoms with van der Waals surface area (Å²) in [5.74, 6) is 2.36. The van der Waals surface area contributed by atoms with Crippen LogP contribution in [0.2, 0.25) is 0 Å². The predicted molar refractivity (Wildman–Crippen MR) is 78.8 cm³/mol. The minimum atomic E-state index is 0.0456. The molecule has 19 heavy (non-hydrogen) atoms. The van der Waals surface area contributed by atoms with Crippen LogP contribution in [0, 0.1) is 12.8 Å². The number of aromatic nitrogens is 2. The Balaban J connectivity index is 2.08. The highest BCUT2D eigenvalue weighted by atomic mass is 32.1. The van der Waals surface area contributed by atoms with Crippen LogP contribution in [0.5, 0.6) is 0 Å². The Kier molecular flexibility index (Phi) is 3.41. The summed E-state index contributed by atoms with van der Waals surface area (Å²) < 4.78 is 5.60. The Hall–Kier alpha value is -1.20. The second kappa shape index (κ2) is 5.06. The van der Waals surface area contributed by atoms with E-state index in [1.54, 1.807) is 18.4 Å². The van der Waals surface area contributed by atoms with E-state index in [0.29, 0.717) is 5.92 Å². The van der Waals surface area contributed by atoms with Crippen molar-refractivity contribution in [2.45, 2.75) is 32.8 Å². The van der Waals surface area contributed by atoms with E-state index in [-0.39, 0.29) is 6.10 Å². The zero-order valence-electron chi connectivity index (χ0n) is 11.6. The Morgan fingerprint density at radius 3 is 2.89 bits per heavy atom. The molecule has 1 N–H and O–H groups in total. The fourth-order valence-corrected chi connectivity index (χ4v) is 3.28. The predicted octanol–water partition coefficient (Wildman–Crippen LogP) is 3.53. The molecule has 1 unspecified atom stereocenters. The SMILES string of the molecule is CCNc1nc(C(OC)C2CC2)nc2sc(C)cc12. The third-order valence-electron chi connectivity index (χ3n) is 3.44. The van der Waals surface area contributed by atoms with Crippen molar-refractivity contribution in [2.24, 2.45) is 5.92 Å². The van der Waals surface area contributed by atoms with E-state index in [2.05, 4.69) is 25.2 Å². The van der Waals surface area contributed by atoms with E-state index in [0.717, 1.165) is 28.4 Å². The van der Waals surface area contributed by atoms with Crippen LogP contribution in [0.1, 0.15) is 36.6 Å². The third kappa shape index (κ3) is 2.44. The Morgan fingerprint density at radius 2 is 2.26 bits per heavy atom. The van der Waals surface area contributed by atoms with E-state index in [9.17, 15) is 0 Å². The number of hydrogen-bond acceptors (Lipinski definition) is 5. The van der Waals surface area contributed by atoms with Gasteiger partial charge in [0.2, 0.25) is 0 Å². The molecule has 1 saturated carbocycles. The number of ether oxygens (including phenoxy) is 1. The standard InChI is InChI=1S/C14H19N3OS/c1-4-15-12-10-7-8(2)19-14(10)17-13(16-12)11(18-3)9-5-6-9/h7,9,11H,4-6H2,1-3H3,(H,15,16,17). The summed E-state index contributed by atoms with van der Waals surface area (Å²) in [4.78, 5) is 11.7. The maximum absolute atomic E-state index is 5.60. The van der Waals surface area contributed by atoms with Gasteiger partial charge in [0.05, 0.1) is 5.39 Å². The number of nitrogens with one attached hydrogen (secondary N) is 1. The molecule has 5 heteroatoms. The highest BCUT2D eigenvalue weighted by Crippen LogP contribution is 2.43. The number of rotatable bonds is 5. The normalized spacial score (nSPS) is 16.8. The first-order chi connectivity index (χ1) is 9.22. The smallest absolute Gasteiger partial charge is 0.161 e. The van der Waals surface area contributed by atoms with Crippen molar-refractivity contribution in [3.05, 3.63) is 16.8 Å². The zero-order chi connectivity index (χ0) is 13.4. The molecule has 102 valence electrons. The molecule has 0 spiro atoms. The van der Waals surface area contributed by atoms with Crippen LogP contribution in [0.3, 0.4) is 0 Å². The topological polar surface area (TPSA) is 47.0 Å². The van der Waals surface area contributed by atoms with Gasteiger partial charge in [0.15, 0.2) is 5.82 Å². The minimum absolute atomic E-state index is 0.0456. The average Bonchev–Trinajstić information content (AvgIpc) is 3.12. The Bertz CT molecular complexity index is 592. The lowest BCUT2D eigenvalue weighted by atomic mass is 10.2. The lowest BCUT2D eigenvalue weighted by Crippen LogP contribution is -2.11. The molecule has 1 atom stereocenters. The summed E-state index contributed by atoms with van der Waals surface area (Å²) in [6.45, 7) is 5.06. The van der Waals surface area contributed by atoms with Gasteiger partial charge >= 0.3 is 0 Å². The molecule has 0 bridgehead atoms. The van der Waals surface area contributed by atoms with E-state index in [1.165, 1.54) is 17.7 Å². The van der Waals surface area contributed by atoms with Gasteiger partial charge < -0.3 is 10.1 Å². The lowest BCUT2D eigenvalue weighted by molar-refractivity contribution is 0.0776. The van der Waals surface area contributed by atoms with Crippen molar-refractivity contribution < 1.29 is 4.74 Å². The van der Waals surface area contributed by atoms with Gasteiger partial charge in [-0.15, -0.1) is 11.3 Å². The summed E-state index contributed by atoms with van der Waals surface area (Å²) in [7, 11) is 1.75.